The molecule has 1 aromatic carbocycles. The normalized spacial score (nSPS) is 15.4. The van der Waals surface area contributed by atoms with Crippen LogP contribution in [0.25, 0.3) is 11.0 Å². The number of aliphatic hydroxyl groups excluding tert-OH is 10. The number of hydrogen-bond acceptors (Lipinski definition) is 20. The Kier molecular flexibility index (Phi) is 24.1. The number of rotatable bonds is 21. The highest BCUT2D eigenvalue weighted by Crippen LogP contribution is 2.20. The van der Waals surface area contributed by atoms with Gasteiger partial charge in [0.05, 0.1) is 38.5 Å². The number of aliphatic hydroxyl groups is 10. The number of carbonyl (C=O) groups excluding carboxylic acids is 3. The van der Waals surface area contributed by atoms with E-state index >= 15 is 0 Å². The molecule has 0 radical (unpaired) electrons. The zero-order valence-corrected chi connectivity index (χ0v) is 36.5. The van der Waals surface area contributed by atoms with Crippen LogP contribution < -0.4 is 31.8 Å². The number of nitrogens with zero attached hydrogens (tertiary/aromatic N) is 5. The van der Waals surface area contributed by atoms with Gasteiger partial charge < -0.3 is 88.2 Å². The van der Waals surface area contributed by atoms with Crippen LogP contribution in [0, 0.1) is 0 Å². The lowest BCUT2D eigenvalue weighted by molar-refractivity contribution is -0.676. The molecule has 25 nitrogen and oxygen atoms in total. The molecule has 2 aromatic heterocycles. The number of aromatic nitrogens is 4. The highest BCUT2D eigenvalue weighted by Gasteiger charge is 2.38. The molecule has 3 aromatic rings. The number of benzene rings is 1. The predicted octanol–water partition coefficient (Wildman–Crippen LogP) is -5.66. The number of halogens is 7. The van der Waals surface area contributed by atoms with Gasteiger partial charge in [0.2, 0.25) is 0 Å². The number of aliphatic carboxylic acids is 2. The summed E-state index contributed by atoms with van der Waals surface area (Å²) in [5.41, 5.74) is 12.9. The molecule has 0 saturated carbocycles. The lowest BCUT2D eigenvalue weighted by atomic mass is 10.0. The number of amides is 2. The van der Waals surface area contributed by atoms with Gasteiger partial charge in [-0.2, -0.15) is 26.3 Å². The van der Waals surface area contributed by atoms with Crippen LogP contribution in [0.4, 0.5) is 38.0 Å². The van der Waals surface area contributed by atoms with E-state index in [1.807, 2.05) is 23.0 Å². The Morgan fingerprint density at radius 2 is 1.26 bits per heavy atom. The van der Waals surface area contributed by atoms with Gasteiger partial charge >= 0.3 is 18.3 Å². The number of carbonyl (C=O) groups is 4. The molecular formula is C36H52ClF6N9O16. The van der Waals surface area contributed by atoms with E-state index in [1.54, 1.807) is 18.2 Å². The first-order chi connectivity index (χ1) is 31.4. The number of carboxylic acid groups (broad SMARTS) is 2. The van der Waals surface area contributed by atoms with Crippen molar-refractivity contribution in [1.82, 2.24) is 30.1 Å². The molecule has 0 spiro atoms. The number of anilines is 2. The van der Waals surface area contributed by atoms with Crippen LogP contribution in [0.5, 0.6) is 0 Å². The van der Waals surface area contributed by atoms with Crippen molar-refractivity contribution in [2.75, 3.05) is 50.9 Å². The molecule has 0 fully saturated rings. The van der Waals surface area contributed by atoms with Crippen LogP contribution in [-0.2, 0) is 29.2 Å². The summed E-state index contributed by atoms with van der Waals surface area (Å²) in [6.45, 7) is 1.77. The first-order valence-corrected chi connectivity index (χ1v) is 19.9. The molecule has 0 bridgehead atoms. The minimum atomic E-state index is -5.19. The molecule has 8 unspecified atom stereocenters. The number of aryl methyl sites for hydroxylation is 2. The van der Waals surface area contributed by atoms with Crippen molar-refractivity contribution in [2.45, 2.75) is 94.7 Å². The van der Waals surface area contributed by atoms with Gasteiger partial charge in [0.1, 0.15) is 49.1 Å². The van der Waals surface area contributed by atoms with Crippen LogP contribution in [0.3, 0.4) is 0 Å². The van der Waals surface area contributed by atoms with E-state index < -0.39 is 111 Å². The van der Waals surface area contributed by atoms with Crippen LogP contribution >= 0.6 is 11.6 Å². The Hall–Kier alpha value is -5.32. The second-order valence-electron chi connectivity index (χ2n) is 14.1. The lowest BCUT2D eigenvalue weighted by Crippen LogP contribution is -2.54. The molecule has 386 valence electrons. The smallest absolute Gasteiger partial charge is 0.490 e. The van der Waals surface area contributed by atoms with E-state index in [0.29, 0.717) is 24.4 Å². The van der Waals surface area contributed by atoms with Crippen LogP contribution in [0.2, 0.25) is 5.15 Å². The van der Waals surface area contributed by atoms with Crippen molar-refractivity contribution >= 4 is 58.0 Å². The second kappa shape index (κ2) is 27.0. The first kappa shape index (κ1) is 60.7. The molecule has 17 N–H and O–H groups in total. The number of carboxylic acids is 2. The lowest BCUT2D eigenvalue weighted by Gasteiger charge is -2.33. The molecule has 32 heteroatoms. The standard InChI is InChI=1S/C32H50ClN9O12.2C2HF3O2/c1-3-41-16-6-5-15(9-17(16)42(4-2)22(41)10-37-32(54)23-29(34)39-30(35)28(33)38-23)31(53)36-7-8-40(11-18(45)24(49)26(51)20(47)13-43)12-19(46)25(50)27(52)21(48)14-44;2*3-2(4,5)1(6)7/h5-6,9,18-21,24-27,43-52H,3-4,7-8,10-14H2,1-2H3,(H5-,34,35,36,37,39,53,54);2*(H,6,7). The van der Waals surface area contributed by atoms with Gasteiger partial charge in [0, 0.05) is 37.8 Å². The minimum Gasteiger partial charge on any atom is -0.542 e. The van der Waals surface area contributed by atoms with Crippen molar-refractivity contribution in [1.29, 1.82) is 0 Å². The van der Waals surface area contributed by atoms with Crippen molar-refractivity contribution in [3.05, 3.63) is 40.4 Å². The Morgan fingerprint density at radius 3 is 1.68 bits per heavy atom. The van der Waals surface area contributed by atoms with Crippen molar-refractivity contribution in [3.8, 4) is 0 Å². The van der Waals surface area contributed by atoms with Crippen LogP contribution in [-0.4, -0.2) is 200 Å². The number of imidazole rings is 1. The summed E-state index contributed by atoms with van der Waals surface area (Å²) < 4.78 is 67.1. The van der Waals surface area contributed by atoms with E-state index in [2.05, 4.69) is 20.6 Å². The highest BCUT2D eigenvalue weighted by molar-refractivity contribution is 6.31. The van der Waals surface area contributed by atoms with Gasteiger partial charge in [-0.05, 0) is 26.0 Å². The fourth-order valence-corrected chi connectivity index (χ4v) is 5.97. The van der Waals surface area contributed by atoms with Gasteiger partial charge in [-0.15, -0.1) is 0 Å². The van der Waals surface area contributed by atoms with Gasteiger partial charge in [-0.25, -0.2) is 23.9 Å². The third-order valence-electron chi connectivity index (χ3n) is 9.33. The van der Waals surface area contributed by atoms with E-state index in [-0.39, 0.29) is 47.7 Å². The van der Waals surface area contributed by atoms with E-state index in [1.165, 1.54) is 4.90 Å². The van der Waals surface area contributed by atoms with Gasteiger partial charge in [0.25, 0.3) is 17.6 Å². The van der Waals surface area contributed by atoms with Crippen LogP contribution in [0.15, 0.2) is 18.2 Å². The summed E-state index contributed by atoms with van der Waals surface area (Å²) in [6.07, 6.45) is -25.2. The number of nitrogens with one attached hydrogen (secondary N) is 2. The molecule has 68 heavy (non-hydrogen) atoms. The fraction of sp³-hybridized carbons (Fsp3) is 0.583. The Labute approximate surface area is 385 Å². The summed E-state index contributed by atoms with van der Waals surface area (Å²) in [6, 6.07) is 5.00. The van der Waals surface area contributed by atoms with Gasteiger partial charge in [0.15, 0.2) is 33.5 Å². The zero-order chi connectivity index (χ0) is 52.6. The van der Waals surface area contributed by atoms with E-state index in [0.717, 1.165) is 5.52 Å². The van der Waals surface area contributed by atoms with Crippen molar-refractivity contribution < 1.29 is 111 Å². The van der Waals surface area contributed by atoms with Crippen LogP contribution in [0.1, 0.15) is 40.5 Å². The molecule has 0 aliphatic heterocycles. The maximum atomic E-state index is 13.3. The Balaban J connectivity index is 0.00000143. The van der Waals surface area contributed by atoms with E-state index in [9.17, 15) is 76.8 Å². The molecular weight excluding hydrogens is 964 g/mol. The average molecular weight is 1020 g/mol. The molecule has 2 heterocycles. The summed E-state index contributed by atoms with van der Waals surface area (Å²) in [7, 11) is 0. The fourth-order valence-electron chi connectivity index (χ4n) is 5.84. The summed E-state index contributed by atoms with van der Waals surface area (Å²) >= 11 is 5.93. The zero-order valence-electron chi connectivity index (χ0n) is 35.7. The SMILES string of the molecule is CCn1c(CNC(=O)c2nc(Cl)c(N)nc2N)[n+](CC)c2ccc(C(=O)NCCN(CC(O)C(O)C(O)C(O)CO)CC(O)C(O)C(O)C(O)CO)cc21.O=C(O)C(F)(F)F.O=C([O-])C(F)(F)F. The summed E-state index contributed by atoms with van der Waals surface area (Å²) in [4.78, 5) is 53.0. The maximum absolute atomic E-state index is 13.3. The largest absolute Gasteiger partial charge is 0.542 e. The molecule has 2 amide bonds. The number of fused-ring (bicyclic) bond motifs is 1. The number of hydrogen-bond donors (Lipinski definition) is 15. The van der Waals surface area contributed by atoms with Gasteiger partial charge in [-0.3, -0.25) is 14.5 Å². The monoisotopic (exact) mass is 1020 g/mol. The summed E-state index contributed by atoms with van der Waals surface area (Å²) in [5, 5.41) is 121. The molecule has 0 aliphatic rings. The maximum Gasteiger partial charge on any atom is 0.490 e. The number of alkyl halides is 6. The third-order valence-corrected chi connectivity index (χ3v) is 9.61. The van der Waals surface area contributed by atoms with Crippen molar-refractivity contribution in [2.24, 2.45) is 0 Å². The molecule has 3 rings (SSSR count). The van der Waals surface area contributed by atoms with Gasteiger partial charge in [-0.1, -0.05) is 11.6 Å². The topological polar surface area (TPSA) is 428 Å². The number of nitrogen functional groups attached to an aromatic ring is 2. The minimum absolute atomic E-state index is 0.0444. The molecule has 8 atom stereocenters. The molecule has 0 aliphatic carbocycles. The average Bonchev–Trinajstić information content (AvgIpc) is 3.58. The van der Waals surface area contributed by atoms with Crippen molar-refractivity contribution in [3.63, 3.8) is 0 Å². The molecule has 0 saturated heterocycles. The third kappa shape index (κ3) is 17.6. The first-order valence-electron chi connectivity index (χ1n) is 19.6. The Morgan fingerprint density at radius 1 is 0.794 bits per heavy atom. The number of nitrogens with two attached hydrogens (primary N) is 2. The van der Waals surface area contributed by atoms with E-state index in [4.69, 9.17) is 53.1 Å². The predicted molar refractivity (Wildman–Crippen MR) is 216 cm³/mol. The Bertz CT molecular complexity index is 2090. The quantitative estimate of drug-likeness (QED) is 0.0349. The second-order valence-corrected chi connectivity index (χ2v) is 14.5. The highest BCUT2D eigenvalue weighted by atomic mass is 35.5. The summed E-state index contributed by atoms with van der Waals surface area (Å²) in [5.74, 6) is -6.52.